The molecule has 2 aliphatic rings. The molecule has 0 unspecified atom stereocenters. The number of fused-ring (bicyclic) bond motifs is 3. The van der Waals surface area contributed by atoms with Crippen molar-refractivity contribution in [1.29, 1.82) is 0 Å². The molecule has 0 aromatic carbocycles. The lowest BCUT2D eigenvalue weighted by molar-refractivity contribution is -0.0330. The average Bonchev–Trinajstić information content (AvgIpc) is 2.85. The van der Waals surface area contributed by atoms with Crippen LogP contribution < -0.4 is 11.3 Å². The summed E-state index contributed by atoms with van der Waals surface area (Å²) in [6.07, 6.45) is -2.08. The second-order valence-corrected chi connectivity index (χ2v) is 4.76. The summed E-state index contributed by atoms with van der Waals surface area (Å²) in [4.78, 5) is 19.4. The van der Waals surface area contributed by atoms with E-state index >= 15 is 0 Å². The summed E-state index contributed by atoms with van der Waals surface area (Å²) in [6, 6.07) is 0. The minimum absolute atomic E-state index is 0.0390. The second kappa shape index (κ2) is 3.32. The van der Waals surface area contributed by atoms with Crippen molar-refractivity contribution in [1.82, 2.24) is 19.1 Å². The summed E-state index contributed by atoms with van der Waals surface area (Å²) < 4.78 is 8.67. The van der Waals surface area contributed by atoms with Crippen LogP contribution in [0.5, 0.6) is 0 Å². The number of hydrogen-bond acceptors (Lipinski definition) is 7. The molecule has 4 heterocycles. The van der Waals surface area contributed by atoms with E-state index < -0.39 is 30.1 Å². The van der Waals surface area contributed by atoms with Gasteiger partial charge in [-0.25, -0.2) is 4.98 Å². The van der Waals surface area contributed by atoms with Crippen molar-refractivity contribution in [3.05, 3.63) is 16.7 Å². The Morgan fingerprint density at radius 3 is 3.00 bits per heavy atom. The van der Waals surface area contributed by atoms with Gasteiger partial charge in [0.05, 0.1) is 12.9 Å². The number of hydrogen-bond donors (Lipinski definition) is 3. The predicted octanol–water partition coefficient (Wildman–Crippen LogP) is -2.19. The van der Waals surface area contributed by atoms with E-state index in [1.165, 1.54) is 10.9 Å². The molecule has 4 N–H and O–H groups in total. The van der Waals surface area contributed by atoms with Crippen molar-refractivity contribution in [3.63, 3.8) is 0 Å². The minimum atomic E-state index is -1.07. The lowest BCUT2D eigenvalue weighted by Gasteiger charge is -2.20. The molecule has 2 aromatic heterocycles. The summed E-state index contributed by atoms with van der Waals surface area (Å²) in [5, 5.41) is 19.9. The monoisotopic (exact) mass is 265 g/mol. The molecular formula is C10H11N5O4. The van der Waals surface area contributed by atoms with E-state index in [2.05, 4.69) is 9.97 Å². The maximum Gasteiger partial charge on any atom is 0.302 e. The topological polar surface area (TPSA) is 128 Å². The number of imidazole rings is 1. The second-order valence-electron chi connectivity index (χ2n) is 4.76. The van der Waals surface area contributed by atoms with Crippen molar-refractivity contribution in [2.24, 2.45) is 0 Å². The molecule has 2 bridgehead atoms. The highest BCUT2D eigenvalue weighted by atomic mass is 16.6. The van der Waals surface area contributed by atoms with Crippen molar-refractivity contribution < 1.29 is 14.9 Å². The van der Waals surface area contributed by atoms with Crippen molar-refractivity contribution in [2.45, 2.75) is 31.1 Å². The third-order valence-electron chi connectivity index (χ3n) is 3.69. The van der Waals surface area contributed by atoms with Crippen LogP contribution in [0, 0.1) is 0 Å². The van der Waals surface area contributed by atoms with Gasteiger partial charge in [-0.3, -0.25) is 13.9 Å². The minimum Gasteiger partial charge on any atom is -0.387 e. The van der Waals surface area contributed by atoms with Crippen LogP contribution in [0.25, 0.3) is 11.2 Å². The lowest BCUT2D eigenvalue weighted by Crippen LogP contribution is -2.36. The van der Waals surface area contributed by atoms with Crippen LogP contribution in [-0.4, -0.2) is 47.6 Å². The van der Waals surface area contributed by atoms with Crippen molar-refractivity contribution in [2.75, 3.05) is 5.73 Å². The Bertz CT molecular complexity index is 737. The fourth-order valence-corrected chi connectivity index (χ4v) is 2.75. The van der Waals surface area contributed by atoms with Crippen molar-refractivity contribution >= 4 is 17.1 Å². The Labute approximate surface area is 105 Å². The number of rotatable bonds is 0. The Hall–Kier alpha value is -1.97. The fraction of sp³-hybridized carbons (Fsp3) is 0.500. The molecule has 2 aliphatic heterocycles. The Balaban J connectivity index is 2.10. The molecular weight excluding hydrogens is 254 g/mol. The van der Waals surface area contributed by atoms with E-state index in [1.807, 2.05) is 0 Å². The molecule has 2 aromatic rings. The standard InChI is InChI=1S/C10H11N5O4/c11-10-13-7(18)4-8-14(10)1-3-5(16)6(17)9(19-3)15(8)2-12-4/h2-3,5-6,9,16-17H,1H2,(H2,11,13,18)/t3-,5-,6-,9-/m1/s1. The smallest absolute Gasteiger partial charge is 0.302 e. The van der Waals surface area contributed by atoms with Gasteiger partial charge >= 0.3 is 5.56 Å². The number of nitrogens with two attached hydrogens (primary N) is 1. The number of aliphatic hydroxyl groups is 2. The molecule has 4 atom stereocenters. The highest BCUT2D eigenvalue weighted by Gasteiger charge is 2.46. The molecule has 4 rings (SSSR count). The molecule has 0 saturated carbocycles. The van der Waals surface area contributed by atoms with Gasteiger partial charge in [0.2, 0.25) is 5.95 Å². The summed E-state index contributed by atoms with van der Waals surface area (Å²) in [5.74, 6) is 0.0390. The zero-order valence-corrected chi connectivity index (χ0v) is 9.67. The van der Waals surface area contributed by atoms with E-state index in [9.17, 15) is 15.0 Å². The molecule has 9 nitrogen and oxygen atoms in total. The first-order valence-electron chi connectivity index (χ1n) is 5.82. The van der Waals surface area contributed by atoms with Crippen LogP contribution in [0.15, 0.2) is 11.1 Å². The average molecular weight is 265 g/mol. The fourth-order valence-electron chi connectivity index (χ4n) is 2.75. The van der Waals surface area contributed by atoms with Gasteiger partial charge in [0.15, 0.2) is 17.4 Å². The molecule has 0 spiro atoms. The molecule has 0 radical (unpaired) electrons. The van der Waals surface area contributed by atoms with Gasteiger partial charge in [-0.2, -0.15) is 4.98 Å². The largest absolute Gasteiger partial charge is 0.387 e. The first-order chi connectivity index (χ1) is 9.08. The van der Waals surface area contributed by atoms with Gasteiger partial charge in [0.1, 0.15) is 18.3 Å². The molecule has 0 amide bonds. The maximum atomic E-state index is 11.7. The number of nitrogens with zero attached hydrogens (tertiary/aromatic N) is 4. The van der Waals surface area contributed by atoms with Gasteiger partial charge in [-0.05, 0) is 0 Å². The summed E-state index contributed by atoms with van der Waals surface area (Å²) >= 11 is 0. The summed E-state index contributed by atoms with van der Waals surface area (Å²) in [6.45, 7) is 0.204. The first-order valence-corrected chi connectivity index (χ1v) is 5.82. The number of ether oxygens (including phenoxy) is 1. The number of nitrogen functional groups attached to an aromatic ring is 1. The Morgan fingerprint density at radius 2 is 2.21 bits per heavy atom. The lowest BCUT2D eigenvalue weighted by atomic mass is 10.1. The zero-order chi connectivity index (χ0) is 13.3. The summed E-state index contributed by atoms with van der Waals surface area (Å²) in [5.41, 5.74) is 5.86. The van der Waals surface area contributed by atoms with Gasteiger partial charge < -0.3 is 20.7 Å². The van der Waals surface area contributed by atoms with E-state index in [-0.39, 0.29) is 18.0 Å². The molecule has 100 valence electrons. The third kappa shape index (κ3) is 1.21. The number of aromatic nitrogens is 4. The highest BCUT2D eigenvalue weighted by molar-refractivity contribution is 5.72. The van der Waals surface area contributed by atoms with Crippen LogP contribution in [-0.2, 0) is 11.3 Å². The molecule has 1 saturated heterocycles. The maximum absolute atomic E-state index is 11.7. The van der Waals surface area contributed by atoms with E-state index in [0.29, 0.717) is 5.65 Å². The van der Waals surface area contributed by atoms with Gasteiger partial charge in [-0.15, -0.1) is 0 Å². The van der Waals surface area contributed by atoms with Crippen molar-refractivity contribution in [3.8, 4) is 0 Å². The van der Waals surface area contributed by atoms with E-state index in [1.54, 1.807) is 4.57 Å². The van der Waals surface area contributed by atoms with Crippen LogP contribution in [0.4, 0.5) is 5.95 Å². The van der Waals surface area contributed by atoms with Gasteiger partial charge in [0.25, 0.3) is 0 Å². The normalized spacial score (nSPS) is 32.7. The zero-order valence-electron chi connectivity index (χ0n) is 9.67. The first kappa shape index (κ1) is 10.9. The quantitative estimate of drug-likeness (QED) is 0.493. The number of anilines is 1. The molecule has 19 heavy (non-hydrogen) atoms. The molecule has 1 fully saturated rings. The Morgan fingerprint density at radius 1 is 1.42 bits per heavy atom. The Kier molecular flexibility index (Phi) is 1.91. The van der Waals surface area contributed by atoms with Crippen LogP contribution in [0.2, 0.25) is 0 Å². The van der Waals surface area contributed by atoms with E-state index in [4.69, 9.17) is 10.5 Å². The third-order valence-corrected chi connectivity index (χ3v) is 3.69. The van der Waals surface area contributed by atoms with Crippen LogP contribution >= 0.6 is 0 Å². The summed E-state index contributed by atoms with van der Waals surface area (Å²) in [7, 11) is 0. The highest BCUT2D eigenvalue weighted by Crippen LogP contribution is 2.35. The van der Waals surface area contributed by atoms with Gasteiger partial charge in [-0.1, -0.05) is 0 Å². The SMILES string of the molecule is Nc1nc(=O)c2ncn3c2n1C[C@H]1O[C@@H]3[C@H](O)[C@@H]1O. The number of aliphatic hydroxyl groups excluding tert-OH is 2. The van der Waals surface area contributed by atoms with Crippen LogP contribution in [0.3, 0.4) is 0 Å². The molecule has 9 heteroatoms. The predicted molar refractivity (Wildman–Crippen MR) is 62.1 cm³/mol. The van der Waals surface area contributed by atoms with E-state index in [0.717, 1.165) is 0 Å². The molecule has 0 aliphatic carbocycles. The van der Waals surface area contributed by atoms with Crippen LogP contribution in [0.1, 0.15) is 6.23 Å². The van der Waals surface area contributed by atoms with Gasteiger partial charge in [0, 0.05) is 0 Å².